The summed E-state index contributed by atoms with van der Waals surface area (Å²) in [6.07, 6.45) is 0.939. The number of rotatable bonds is 3. The van der Waals surface area contributed by atoms with Gasteiger partial charge in [-0.2, -0.15) is 0 Å². The first-order chi connectivity index (χ1) is 6.15. The summed E-state index contributed by atoms with van der Waals surface area (Å²) in [5.74, 6) is 0.460. The predicted molar refractivity (Wildman–Crippen MR) is 51.7 cm³/mol. The van der Waals surface area contributed by atoms with E-state index < -0.39 is 0 Å². The Balaban J connectivity index is 2.88. The molecule has 72 valence electrons. The number of benzene rings is 1. The van der Waals surface area contributed by atoms with E-state index in [1.54, 1.807) is 13.0 Å². The zero-order valence-corrected chi connectivity index (χ0v) is 8.36. The Morgan fingerprint density at radius 2 is 1.92 bits per heavy atom. The van der Waals surface area contributed by atoms with Crippen LogP contribution in [-0.2, 0) is 0 Å². The molecule has 1 nitrogen and oxygen atoms in total. The Morgan fingerprint density at radius 1 is 1.23 bits per heavy atom. The topological polar surface area (TPSA) is 9.23 Å². The highest BCUT2D eigenvalue weighted by Crippen LogP contribution is 2.21. The van der Waals surface area contributed by atoms with Crippen molar-refractivity contribution in [2.75, 3.05) is 6.61 Å². The van der Waals surface area contributed by atoms with Crippen molar-refractivity contribution in [1.82, 2.24) is 0 Å². The third-order valence-electron chi connectivity index (χ3n) is 1.92. The Kier molecular flexibility index (Phi) is 3.29. The molecule has 0 heterocycles. The second-order valence-corrected chi connectivity index (χ2v) is 3.22. The molecule has 1 aromatic rings. The molecule has 0 aliphatic rings. The van der Waals surface area contributed by atoms with Gasteiger partial charge < -0.3 is 4.74 Å². The molecule has 1 rings (SSSR count). The minimum absolute atomic E-state index is 0.197. The molecule has 0 amide bonds. The molecule has 0 N–H and O–H groups in total. The Labute approximate surface area is 78.5 Å². The van der Waals surface area contributed by atoms with Crippen molar-refractivity contribution in [2.24, 2.45) is 0 Å². The van der Waals surface area contributed by atoms with Gasteiger partial charge in [-0.05, 0) is 37.5 Å². The van der Waals surface area contributed by atoms with Crippen molar-refractivity contribution >= 4 is 0 Å². The molecule has 0 aliphatic heterocycles. The molecule has 0 spiro atoms. The standard InChI is InChI=1S/C11H15FO/c1-4-5-13-11-7-10(12)8(2)6-9(11)3/h6-7H,4-5H2,1-3H3. The van der Waals surface area contributed by atoms with Crippen molar-refractivity contribution < 1.29 is 9.13 Å². The maximum atomic E-state index is 13.1. The number of hydrogen-bond donors (Lipinski definition) is 0. The molecule has 0 aromatic heterocycles. The van der Waals surface area contributed by atoms with Crippen LogP contribution in [0.25, 0.3) is 0 Å². The van der Waals surface area contributed by atoms with Gasteiger partial charge in [0.1, 0.15) is 11.6 Å². The maximum Gasteiger partial charge on any atom is 0.129 e. The van der Waals surface area contributed by atoms with Gasteiger partial charge in [0, 0.05) is 6.07 Å². The molecular weight excluding hydrogens is 167 g/mol. The lowest BCUT2D eigenvalue weighted by molar-refractivity contribution is 0.313. The van der Waals surface area contributed by atoms with Gasteiger partial charge in [0.2, 0.25) is 0 Å². The molecule has 0 fully saturated rings. The molecule has 0 aliphatic carbocycles. The first-order valence-corrected chi connectivity index (χ1v) is 4.54. The average Bonchev–Trinajstić information content (AvgIpc) is 2.09. The largest absolute Gasteiger partial charge is 0.493 e. The number of ether oxygens (including phenoxy) is 1. The van der Waals surface area contributed by atoms with E-state index in [0.717, 1.165) is 12.0 Å². The van der Waals surface area contributed by atoms with Crippen molar-refractivity contribution in [2.45, 2.75) is 27.2 Å². The van der Waals surface area contributed by atoms with Crippen molar-refractivity contribution in [3.05, 3.63) is 29.1 Å². The van der Waals surface area contributed by atoms with Crippen LogP contribution in [0.4, 0.5) is 4.39 Å². The predicted octanol–water partition coefficient (Wildman–Crippen LogP) is 3.23. The Hall–Kier alpha value is -1.05. The van der Waals surface area contributed by atoms with Crippen LogP contribution in [0, 0.1) is 19.7 Å². The van der Waals surface area contributed by atoms with Crippen molar-refractivity contribution in [1.29, 1.82) is 0 Å². The molecule has 0 saturated carbocycles. The van der Waals surface area contributed by atoms with Crippen LogP contribution in [0.3, 0.4) is 0 Å². The summed E-state index contributed by atoms with van der Waals surface area (Å²) in [4.78, 5) is 0. The van der Waals surface area contributed by atoms with E-state index in [2.05, 4.69) is 0 Å². The normalized spacial score (nSPS) is 10.2. The van der Waals surface area contributed by atoms with Gasteiger partial charge in [0.15, 0.2) is 0 Å². The second-order valence-electron chi connectivity index (χ2n) is 3.22. The van der Waals surface area contributed by atoms with Gasteiger partial charge in [0.25, 0.3) is 0 Å². The lowest BCUT2D eigenvalue weighted by atomic mass is 10.1. The summed E-state index contributed by atoms with van der Waals surface area (Å²) in [5, 5.41) is 0. The van der Waals surface area contributed by atoms with E-state index in [9.17, 15) is 4.39 Å². The fourth-order valence-corrected chi connectivity index (χ4v) is 1.18. The lowest BCUT2D eigenvalue weighted by Gasteiger charge is -2.09. The molecule has 2 heteroatoms. The third-order valence-corrected chi connectivity index (χ3v) is 1.92. The highest BCUT2D eigenvalue weighted by atomic mass is 19.1. The van der Waals surface area contributed by atoms with Crippen LogP contribution >= 0.6 is 0 Å². The van der Waals surface area contributed by atoms with Gasteiger partial charge in [-0.15, -0.1) is 0 Å². The first-order valence-electron chi connectivity index (χ1n) is 4.54. The van der Waals surface area contributed by atoms with Crippen LogP contribution in [0.15, 0.2) is 12.1 Å². The molecular formula is C11H15FO. The SMILES string of the molecule is CCCOc1cc(F)c(C)cc1C. The second kappa shape index (κ2) is 4.26. The Morgan fingerprint density at radius 3 is 2.54 bits per heavy atom. The van der Waals surface area contributed by atoms with Gasteiger partial charge in [-0.25, -0.2) is 4.39 Å². The van der Waals surface area contributed by atoms with Gasteiger partial charge in [0.05, 0.1) is 6.61 Å². The van der Waals surface area contributed by atoms with Crippen LogP contribution < -0.4 is 4.74 Å². The molecule has 0 atom stereocenters. The zero-order valence-electron chi connectivity index (χ0n) is 8.36. The summed E-state index contributed by atoms with van der Waals surface area (Å²) in [7, 11) is 0. The van der Waals surface area contributed by atoms with Crippen LogP contribution in [0.2, 0.25) is 0 Å². The smallest absolute Gasteiger partial charge is 0.129 e. The van der Waals surface area contributed by atoms with Crippen LogP contribution in [0.1, 0.15) is 24.5 Å². The fourth-order valence-electron chi connectivity index (χ4n) is 1.18. The van der Waals surface area contributed by atoms with Crippen molar-refractivity contribution in [3.63, 3.8) is 0 Å². The summed E-state index contributed by atoms with van der Waals surface area (Å²) < 4.78 is 18.5. The summed E-state index contributed by atoms with van der Waals surface area (Å²) in [5.41, 5.74) is 1.66. The first kappa shape index (κ1) is 10.0. The van der Waals surface area contributed by atoms with E-state index in [4.69, 9.17) is 4.74 Å². The summed E-state index contributed by atoms with van der Waals surface area (Å²) in [6, 6.07) is 3.26. The van der Waals surface area contributed by atoms with E-state index in [-0.39, 0.29) is 5.82 Å². The summed E-state index contributed by atoms with van der Waals surface area (Å²) in [6.45, 7) is 6.35. The summed E-state index contributed by atoms with van der Waals surface area (Å²) >= 11 is 0. The number of hydrogen-bond acceptors (Lipinski definition) is 1. The van der Waals surface area contributed by atoms with Crippen molar-refractivity contribution in [3.8, 4) is 5.75 Å². The number of aryl methyl sites for hydroxylation is 2. The van der Waals surface area contributed by atoms with Crippen LogP contribution in [-0.4, -0.2) is 6.61 Å². The minimum atomic E-state index is -0.197. The van der Waals surface area contributed by atoms with E-state index in [1.807, 2.05) is 13.8 Å². The molecule has 0 unspecified atom stereocenters. The van der Waals surface area contributed by atoms with Gasteiger partial charge in [-0.1, -0.05) is 6.92 Å². The highest BCUT2D eigenvalue weighted by molar-refractivity contribution is 5.36. The van der Waals surface area contributed by atoms with Gasteiger partial charge >= 0.3 is 0 Å². The van der Waals surface area contributed by atoms with Crippen LogP contribution in [0.5, 0.6) is 5.75 Å². The zero-order chi connectivity index (χ0) is 9.84. The van der Waals surface area contributed by atoms with Gasteiger partial charge in [-0.3, -0.25) is 0 Å². The molecule has 13 heavy (non-hydrogen) atoms. The number of halogens is 1. The molecule has 0 radical (unpaired) electrons. The average molecular weight is 182 g/mol. The fraction of sp³-hybridized carbons (Fsp3) is 0.455. The molecule has 0 bridgehead atoms. The maximum absolute atomic E-state index is 13.1. The quantitative estimate of drug-likeness (QED) is 0.697. The molecule has 0 saturated heterocycles. The highest BCUT2D eigenvalue weighted by Gasteiger charge is 2.04. The third kappa shape index (κ3) is 2.44. The lowest BCUT2D eigenvalue weighted by Crippen LogP contribution is -1.98. The van der Waals surface area contributed by atoms with E-state index >= 15 is 0 Å². The van der Waals surface area contributed by atoms with E-state index in [1.165, 1.54) is 6.07 Å². The molecule has 1 aromatic carbocycles. The Bertz CT molecular complexity index is 294. The van der Waals surface area contributed by atoms with E-state index in [0.29, 0.717) is 17.9 Å². The monoisotopic (exact) mass is 182 g/mol. The minimum Gasteiger partial charge on any atom is -0.493 e.